The molecule has 0 aromatic carbocycles. The minimum atomic E-state index is -0.673. The molecular formula is C8H12O3. The molecule has 0 bridgehead atoms. The Morgan fingerprint density at radius 3 is 3.18 bits per heavy atom. The van der Waals surface area contributed by atoms with E-state index in [-0.39, 0.29) is 11.9 Å². The van der Waals surface area contributed by atoms with Crippen molar-refractivity contribution in [2.24, 2.45) is 0 Å². The van der Waals surface area contributed by atoms with Gasteiger partial charge < -0.3 is 9.84 Å². The SMILES string of the molecule is O=C1CC[C@@]2(O)CCO[C@H]2C1. The summed E-state index contributed by atoms with van der Waals surface area (Å²) in [6.45, 7) is 0.606. The maximum absolute atomic E-state index is 11.0. The highest BCUT2D eigenvalue weighted by Crippen LogP contribution is 2.36. The molecule has 0 unspecified atom stereocenters. The highest BCUT2D eigenvalue weighted by molar-refractivity contribution is 5.80. The Morgan fingerprint density at radius 2 is 2.36 bits per heavy atom. The molecule has 1 N–H and O–H groups in total. The summed E-state index contributed by atoms with van der Waals surface area (Å²) in [4.78, 5) is 11.0. The van der Waals surface area contributed by atoms with E-state index in [0.717, 1.165) is 0 Å². The quantitative estimate of drug-likeness (QED) is 0.547. The smallest absolute Gasteiger partial charge is 0.135 e. The van der Waals surface area contributed by atoms with Gasteiger partial charge in [0.2, 0.25) is 0 Å². The van der Waals surface area contributed by atoms with Gasteiger partial charge in [-0.15, -0.1) is 0 Å². The van der Waals surface area contributed by atoms with Crippen LogP contribution in [0.15, 0.2) is 0 Å². The number of fused-ring (bicyclic) bond motifs is 1. The number of Topliss-reactive ketones (excluding diaryl/α,β-unsaturated/α-hetero) is 1. The van der Waals surface area contributed by atoms with Gasteiger partial charge in [-0.2, -0.15) is 0 Å². The van der Waals surface area contributed by atoms with Crippen molar-refractivity contribution in [3.63, 3.8) is 0 Å². The van der Waals surface area contributed by atoms with Gasteiger partial charge in [0, 0.05) is 25.9 Å². The number of aliphatic hydroxyl groups is 1. The maximum Gasteiger partial charge on any atom is 0.135 e. The maximum atomic E-state index is 11.0. The molecule has 62 valence electrons. The fourth-order valence-electron chi connectivity index (χ4n) is 1.89. The lowest BCUT2D eigenvalue weighted by atomic mass is 9.81. The van der Waals surface area contributed by atoms with E-state index >= 15 is 0 Å². The van der Waals surface area contributed by atoms with Crippen molar-refractivity contribution in [2.75, 3.05) is 6.61 Å². The molecule has 1 aliphatic heterocycles. The Bertz CT molecular complexity index is 190. The van der Waals surface area contributed by atoms with Crippen molar-refractivity contribution in [3.05, 3.63) is 0 Å². The number of carbonyl (C=O) groups excluding carboxylic acids is 1. The number of ether oxygens (including phenoxy) is 1. The fourth-order valence-corrected chi connectivity index (χ4v) is 1.89. The molecule has 2 atom stereocenters. The van der Waals surface area contributed by atoms with Crippen molar-refractivity contribution >= 4 is 5.78 Å². The first-order valence-corrected chi connectivity index (χ1v) is 4.06. The average molecular weight is 156 g/mol. The minimum absolute atomic E-state index is 0.205. The monoisotopic (exact) mass is 156 g/mol. The molecule has 1 aliphatic carbocycles. The topological polar surface area (TPSA) is 46.5 Å². The number of hydrogen-bond donors (Lipinski definition) is 1. The molecule has 1 saturated heterocycles. The van der Waals surface area contributed by atoms with Crippen molar-refractivity contribution in [2.45, 2.75) is 37.4 Å². The Balaban J connectivity index is 2.14. The molecule has 1 saturated carbocycles. The first-order valence-electron chi connectivity index (χ1n) is 4.06. The lowest BCUT2D eigenvalue weighted by molar-refractivity contribution is -0.133. The van der Waals surface area contributed by atoms with Gasteiger partial charge in [0.1, 0.15) is 5.78 Å². The van der Waals surface area contributed by atoms with Gasteiger partial charge in [0.25, 0.3) is 0 Å². The predicted octanol–water partition coefficient (Wildman–Crippen LogP) is 0.259. The Kier molecular flexibility index (Phi) is 1.51. The Labute approximate surface area is 65.4 Å². The summed E-state index contributed by atoms with van der Waals surface area (Å²) < 4.78 is 5.26. The lowest BCUT2D eigenvalue weighted by Crippen LogP contribution is -2.43. The Morgan fingerprint density at radius 1 is 1.55 bits per heavy atom. The molecule has 0 aromatic rings. The second-order valence-corrected chi connectivity index (χ2v) is 3.46. The second kappa shape index (κ2) is 2.29. The van der Waals surface area contributed by atoms with E-state index in [9.17, 15) is 9.90 Å². The molecule has 3 heteroatoms. The molecular weight excluding hydrogens is 144 g/mol. The second-order valence-electron chi connectivity index (χ2n) is 3.46. The first kappa shape index (κ1) is 7.25. The minimum Gasteiger partial charge on any atom is -0.387 e. The molecule has 0 spiro atoms. The van der Waals surface area contributed by atoms with Crippen LogP contribution in [0.5, 0.6) is 0 Å². The summed E-state index contributed by atoms with van der Waals surface area (Å²) in [6, 6.07) is 0. The zero-order chi connectivity index (χ0) is 7.90. The summed E-state index contributed by atoms with van der Waals surface area (Å²) in [5.41, 5.74) is -0.673. The summed E-state index contributed by atoms with van der Waals surface area (Å²) in [6.07, 6.45) is 2.03. The van der Waals surface area contributed by atoms with Gasteiger partial charge in [-0.3, -0.25) is 4.79 Å². The first-order chi connectivity index (χ1) is 5.21. The number of hydrogen-bond acceptors (Lipinski definition) is 3. The standard InChI is InChI=1S/C8H12O3/c9-6-1-2-8(10)3-4-11-7(8)5-6/h7,10H,1-5H2/t7-,8+/m0/s1. The van der Waals surface area contributed by atoms with E-state index in [4.69, 9.17) is 4.74 Å². The van der Waals surface area contributed by atoms with Crippen LogP contribution in [0.1, 0.15) is 25.7 Å². The van der Waals surface area contributed by atoms with Crippen LogP contribution in [-0.4, -0.2) is 29.2 Å². The molecule has 2 fully saturated rings. The molecule has 0 aromatic heterocycles. The van der Waals surface area contributed by atoms with Crippen LogP contribution in [0.4, 0.5) is 0 Å². The molecule has 3 nitrogen and oxygen atoms in total. The molecule has 2 rings (SSSR count). The zero-order valence-electron chi connectivity index (χ0n) is 6.38. The van der Waals surface area contributed by atoms with Gasteiger partial charge in [0.05, 0.1) is 11.7 Å². The van der Waals surface area contributed by atoms with Gasteiger partial charge in [-0.25, -0.2) is 0 Å². The Hall–Kier alpha value is -0.410. The summed E-state index contributed by atoms with van der Waals surface area (Å²) in [5, 5.41) is 9.85. The summed E-state index contributed by atoms with van der Waals surface area (Å²) in [5.74, 6) is 0.224. The van der Waals surface area contributed by atoms with Crippen LogP contribution in [0.25, 0.3) is 0 Å². The van der Waals surface area contributed by atoms with Crippen LogP contribution in [-0.2, 0) is 9.53 Å². The number of carbonyl (C=O) groups is 1. The van der Waals surface area contributed by atoms with Gasteiger partial charge in [-0.05, 0) is 6.42 Å². The molecule has 2 aliphatic rings. The molecule has 0 radical (unpaired) electrons. The third-order valence-electron chi connectivity index (χ3n) is 2.70. The van der Waals surface area contributed by atoms with Crippen LogP contribution in [0, 0.1) is 0 Å². The average Bonchev–Trinajstić information content (AvgIpc) is 2.31. The van der Waals surface area contributed by atoms with Gasteiger partial charge in [0.15, 0.2) is 0 Å². The van der Waals surface area contributed by atoms with E-state index in [0.29, 0.717) is 32.3 Å². The molecule has 11 heavy (non-hydrogen) atoms. The van der Waals surface area contributed by atoms with Gasteiger partial charge >= 0.3 is 0 Å². The third-order valence-corrected chi connectivity index (χ3v) is 2.70. The van der Waals surface area contributed by atoms with Crippen LogP contribution < -0.4 is 0 Å². The van der Waals surface area contributed by atoms with E-state index in [1.807, 2.05) is 0 Å². The highest BCUT2D eigenvalue weighted by Gasteiger charge is 2.46. The van der Waals surface area contributed by atoms with Crippen LogP contribution >= 0.6 is 0 Å². The number of rotatable bonds is 0. The molecule has 1 heterocycles. The summed E-state index contributed by atoms with van der Waals surface area (Å²) >= 11 is 0. The van der Waals surface area contributed by atoms with Crippen LogP contribution in [0.3, 0.4) is 0 Å². The van der Waals surface area contributed by atoms with Crippen LogP contribution in [0.2, 0.25) is 0 Å². The number of ketones is 1. The van der Waals surface area contributed by atoms with Crippen molar-refractivity contribution in [1.29, 1.82) is 0 Å². The van der Waals surface area contributed by atoms with E-state index in [1.165, 1.54) is 0 Å². The fraction of sp³-hybridized carbons (Fsp3) is 0.875. The van der Waals surface area contributed by atoms with Crippen molar-refractivity contribution in [1.82, 2.24) is 0 Å². The highest BCUT2D eigenvalue weighted by atomic mass is 16.5. The van der Waals surface area contributed by atoms with Crippen molar-refractivity contribution < 1.29 is 14.6 Å². The normalized spacial score (nSPS) is 44.1. The summed E-state index contributed by atoms with van der Waals surface area (Å²) in [7, 11) is 0. The lowest BCUT2D eigenvalue weighted by Gasteiger charge is -2.31. The largest absolute Gasteiger partial charge is 0.387 e. The van der Waals surface area contributed by atoms with Gasteiger partial charge in [-0.1, -0.05) is 0 Å². The predicted molar refractivity (Wildman–Crippen MR) is 38.2 cm³/mol. The zero-order valence-corrected chi connectivity index (χ0v) is 6.38. The van der Waals surface area contributed by atoms with E-state index in [1.54, 1.807) is 0 Å². The third kappa shape index (κ3) is 1.08. The molecule has 0 amide bonds. The van der Waals surface area contributed by atoms with E-state index < -0.39 is 5.60 Å². The van der Waals surface area contributed by atoms with Crippen molar-refractivity contribution in [3.8, 4) is 0 Å². The van der Waals surface area contributed by atoms with E-state index in [2.05, 4.69) is 0 Å².